The van der Waals surface area contributed by atoms with Crippen molar-refractivity contribution in [2.75, 3.05) is 19.6 Å². The van der Waals surface area contributed by atoms with Crippen LogP contribution in [0.3, 0.4) is 0 Å². The van der Waals surface area contributed by atoms with Gasteiger partial charge >= 0.3 is 11.7 Å². The molecule has 1 aliphatic rings. The lowest BCUT2D eigenvalue weighted by molar-refractivity contribution is -0.136. The van der Waals surface area contributed by atoms with Gasteiger partial charge in [0, 0.05) is 18.7 Å². The maximum absolute atomic E-state index is 12.8. The van der Waals surface area contributed by atoms with Gasteiger partial charge in [-0.05, 0) is 56.5 Å². The number of carbonyl (C=O) groups excluding carboxylic acids is 1. The fraction of sp³-hybridized carbons (Fsp3) is 0.474. The van der Waals surface area contributed by atoms with Gasteiger partial charge in [0.25, 0.3) is 11.5 Å². The Bertz CT molecular complexity index is 988. The molecule has 1 aromatic heterocycles. The third-order valence-electron chi connectivity index (χ3n) is 5.09. The van der Waals surface area contributed by atoms with E-state index >= 15 is 0 Å². The highest BCUT2D eigenvalue weighted by molar-refractivity contribution is 5.97. The van der Waals surface area contributed by atoms with Crippen LogP contribution in [0, 0.1) is 5.92 Å². The Kier molecular flexibility index (Phi) is 6.25. The molecule has 9 heteroatoms. The van der Waals surface area contributed by atoms with E-state index < -0.39 is 23.1 Å². The maximum Gasteiger partial charge on any atom is 0.328 e. The van der Waals surface area contributed by atoms with E-state index in [1.807, 2.05) is 0 Å². The fourth-order valence-corrected chi connectivity index (χ4v) is 3.46. The van der Waals surface area contributed by atoms with Crippen LogP contribution >= 0.6 is 0 Å². The molecule has 1 saturated heterocycles. The van der Waals surface area contributed by atoms with E-state index in [-0.39, 0.29) is 23.9 Å². The lowest BCUT2D eigenvalue weighted by Crippen LogP contribution is -2.36. The van der Waals surface area contributed by atoms with E-state index in [0.29, 0.717) is 18.0 Å². The minimum atomic E-state index is -1.01. The Hall–Kier alpha value is -2.94. The van der Waals surface area contributed by atoms with Crippen molar-refractivity contribution in [1.82, 2.24) is 20.2 Å². The van der Waals surface area contributed by atoms with E-state index in [4.69, 9.17) is 5.11 Å². The number of hydrogen-bond acceptors (Lipinski definition) is 5. The summed E-state index contributed by atoms with van der Waals surface area (Å²) in [5.41, 5.74) is -0.264. The zero-order valence-electron chi connectivity index (χ0n) is 15.5. The first-order valence-corrected chi connectivity index (χ1v) is 9.43. The molecule has 0 bridgehead atoms. The first-order valence-electron chi connectivity index (χ1n) is 9.43. The molecule has 1 aliphatic heterocycles. The van der Waals surface area contributed by atoms with Crippen LogP contribution in [0.2, 0.25) is 0 Å². The second-order valence-corrected chi connectivity index (χ2v) is 7.03. The number of nitrogens with zero attached hydrogens (tertiary/aromatic N) is 1. The molecule has 9 nitrogen and oxygen atoms in total. The smallest absolute Gasteiger partial charge is 0.328 e. The number of carbonyl (C=O) groups is 2. The van der Waals surface area contributed by atoms with Crippen molar-refractivity contribution in [1.29, 1.82) is 0 Å². The van der Waals surface area contributed by atoms with Crippen LogP contribution in [0.1, 0.15) is 36.0 Å². The molecule has 4 N–H and O–H groups in total. The molecule has 3 rings (SSSR count). The second kappa shape index (κ2) is 8.83. The molecule has 0 unspecified atom stereocenters. The molecule has 2 heterocycles. The molecule has 1 aromatic carbocycles. The predicted molar refractivity (Wildman–Crippen MR) is 104 cm³/mol. The molecule has 2 aromatic rings. The molecule has 1 amide bonds. The van der Waals surface area contributed by atoms with Gasteiger partial charge in [0.05, 0.1) is 17.3 Å². The normalized spacial score (nSPS) is 14.9. The molecule has 0 aliphatic carbocycles. The Morgan fingerprint density at radius 2 is 1.96 bits per heavy atom. The summed E-state index contributed by atoms with van der Waals surface area (Å²) in [7, 11) is 0. The molecule has 1 fully saturated rings. The fourth-order valence-electron chi connectivity index (χ4n) is 3.46. The predicted octanol–water partition coefficient (Wildman–Crippen LogP) is 0.284. The molecule has 0 saturated carbocycles. The SMILES string of the molecule is O=C(O)CCNC(=O)c1ccc2[nH]c(=O)n(CCC3CCNCC3)c(=O)c2c1. The van der Waals surface area contributed by atoms with Gasteiger partial charge in [-0.3, -0.25) is 19.0 Å². The summed E-state index contributed by atoms with van der Waals surface area (Å²) in [4.78, 5) is 50.6. The van der Waals surface area contributed by atoms with Gasteiger partial charge in [-0.15, -0.1) is 0 Å². The Morgan fingerprint density at radius 1 is 1.21 bits per heavy atom. The van der Waals surface area contributed by atoms with Crippen molar-refractivity contribution in [3.8, 4) is 0 Å². The van der Waals surface area contributed by atoms with Crippen molar-refractivity contribution < 1.29 is 14.7 Å². The lowest BCUT2D eigenvalue weighted by Gasteiger charge is -2.22. The van der Waals surface area contributed by atoms with Crippen LogP contribution in [0.25, 0.3) is 10.9 Å². The Morgan fingerprint density at radius 3 is 2.68 bits per heavy atom. The quantitative estimate of drug-likeness (QED) is 0.539. The lowest BCUT2D eigenvalue weighted by atomic mass is 9.95. The summed E-state index contributed by atoms with van der Waals surface area (Å²) in [5, 5.41) is 14.7. The number of H-pyrrole nitrogens is 1. The van der Waals surface area contributed by atoms with Crippen LogP contribution in [0.15, 0.2) is 27.8 Å². The van der Waals surface area contributed by atoms with Gasteiger partial charge < -0.3 is 20.7 Å². The summed E-state index contributed by atoms with van der Waals surface area (Å²) in [6.45, 7) is 2.24. The van der Waals surface area contributed by atoms with E-state index in [2.05, 4.69) is 15.6 Å². The average molecular weight is 388 g/mol. The van der Waals surface area contributed by atoms with Crippen LogP contribution < -0.4 is 21.9 Å². The summed E-state index contributed by atoms with van der Waals surface area (Å²) >= 11 is 0. The number of aromatic amines is 1. The van der Waals surface area contributed by atoms with E-state index in [1.54, 1.807) is 0 Å². The maximum atomic E-state index is 12.8. The zero-order chi connectivity index (χ0) is 20.1. The molecule has 0 radical (unpaired) electrons. The third-order valence-corrected chi connectivity index (χ3v) is 5.09. The van der Waals surface area contributed by atoms with Gasteiger partial charge in [-0.1, -0.05) is 0 Å². The highest BCUT2D eigenvalue weighted by atomic mass is 16.4. The number of amides is 1. The minimum Gasteiger partial charge on any atom is -0.481 e. The second-order valence-electron chi connectivity index (χ2n) is 7.03. The number of aliphatic carboxylic acids is 1. The highest BCUT2D eigenvalue weighted by Crippen LogP contribution is 2.16. The number of carboxylic acids is 1. The first-order chi connectivity index (χ1) is 13.5. The highest BCUT2D eigenvalue weighted by Gasteiger charge is 2.16. The zero-order valence-corrected chi connectivity index (χ0v) is 15.5. The first kappa shape index (κ1) is 19.8. The summed E-state index contributed by atoms with van der Waals surface area (Å²) in [5.74, 6) is -0.988. The van der Waals surface area contributed by atoms with Gasteiger partial charge in [-0.25, -0.2) is 4.79 Å². The topological polar surface area (TPSA) is 133 Å². The number of piperidine rings is 1. The standard InChI is InChI=1S/C19H24N4O5/c24-16(25)5-9-21-17(26)13-1-2-15-14(11-13)18(27)23(19(28)22-15)10-6-12-3-7-20-8-4-12/h1-2,11-12,20H,3-10H2,(H,21,26)(H,22,28)(H,24,25). The van der Waals surface area contributed by atoms with Crippen LogP contribution in [-0.2, 0) is 11.3 Å². The van der Waals surface area contributed by atoms with E-state index in [9.17, 15) is 19.2 Å². The van der Waals surface area contributed by atoms with Crippen LogP contribution in [0.5, 0.6) is 0 Å². The van der Waals surface area contributed by atoms with Crippen LogP contribution in [0.4, 0.5) is 0 Å². The van der Waals surface area contributed by atoms with Crippen LogP contribution in [-0.4, -0.2) is 46.2 Å². The van der Waals surface area contributed by atoms with Crippen molar-refractivity contribution in [2.24, 2.45) is 5.92 Å². The average Bonchev–Trinajstić information content (AvgIpc) is 2.68. The van der Waals surface area contributed by atoms with Crippen molar-refractivity contribution in [3.63, 3.8) is 0 Å². The molecule has 0 atom stereocenters. The monoisotopic (exact) mass is 388 g/mol. The van der Waals surface area contributed by atoms with Crippen molar-refractivity contribution >= 4 is 22.8 Å². The third kappa shape index (κ3) is 4.66. The molecule has 28 heavy (non-hydrogen) atoms. The van der Waals surface area contributed by atoms with E-state index in [1.165, 1.54) is 22.8 Å². The number of carboxylic acid groups (broad SMARTS) is 1. The van der Waals surface area contributed by atoms with Crippen molar-refractivity contribution in [3.05, 3.63) is 44.6 Å². The summed E-state index contributed by atoms with van der Waals surface area (Å²) in [6.07, 6.45) is 2.63. The van der Waals surface area contributed by atoms with Gasteiger partial charge in [0.2, 0.25) is 0 Å². The van der Waals surface area contributed by atoms with Gasteiger partial charge in [-0.2, -0.15) is 0 Å². The number of nitrogens with one attached hydrogen (secondary N) is 3. The van der Waals surface area contributed by atoms with E-state index in [0.717, 1.165) is 32.4 Å². The number of rotatable bonds is 7. The van der Waals surface area contributed by atoms with Gasteiger partial charge in [0.15, 0.2) is 0 Å². The van der Waals surface area contributed by atoms with Gasteiger partial charge in [0.1, 0.15) is 0 Å². The Balaban J connectivity index is 1.81. The molecular weight excluding hydrogens is 364 g/mol. The minimum absolute atomic E-state index is 0.00168. The molecular formula is C19H24N4O5. The number of benzene rings is 1. The summed E-state index contributed by atoms with van der Waals surface area (Å²) in [6, 6.07) is 4.44. The number of fused-ring (bicyclic) bond motifs is 1. The Labute approximate surface area is 160 Å². The number of hydrogen-bond donors (Lipinski definition) is 4. The molecule has 0 spiro atoms. The summed E-state index contributed by atoms with van der Waals surface area (Å²) < 4.78 is 1.19. The van der Waals surface area contributed by atoms with Crippen molar-refractivity contribution in [2.45, 2.75) is 32.2 Å². The molecule has 150 valence electrons. The largest absolute Gasteiger partial charge is 0.481 e. The number of aromatic nitrogens is 2.